The number of unbranched alkanes of at least 4 members (excludes halogenated alkanes) is 20. The Morgan fingerprint density at radius 2 is 0.850 bits per heavy atom. The topological polar surface area (TPSA) is 52.6 Å². The van der Waals surface area contributed by atoms with E-state index >= 15 is 0 Å². The molecule has 0 N–H and O–H groups in total. The lowest BCUT2D eigenvalue weighted by atomic mass is 9.97. The summed E-state index contributed by atoms with van der Waals surface area (Å²) in [5.74, 6) is 0.0559. The number of carbonyl (C=O) groups is 2. The summed E-state index contributed by atoms with van der Waals surface area (Å²) in [5.41, 5.74) is 0. The smallest absolute Gasteiger partial charge is 0.309 e. The van der Waals surface area contributed by atoms with E-state index in [1.54, 1.807) is 0 Å². The first-order valence-corrected chi connectivity index (χ1v) is 17.8. The lowest BCUT2D eigenvalue weighted by Crippen LogP contribution is -2.23. The highest BCUT2D eigenvalue weighted by molar-refractivity contribution is 5.79. The van der Waals surface area contributed by atoms with Gasteiger partial charge in [0.05, 0.1) is 25.6 Å². The van der Waals surface area contributed by atoms with E-state index in [4.69, 9.17) is 9.47 Å². The van der Waals surface area contributed by atoms with Gasteiger partial charge >= 0.3 is 11.9 Å². The van der Waals surface area contributed by atoms with Gasteiger partial charge in [-0.1, -0.05) is 169 Å². The maximum atomic E-state index is 12.8. The molecule has 0 aromatic heterocycles. The van der Waals surface area contributed by atoms with Gasteiger partial charge in [-0.05, 0) is 25.2 Å². The van der Waals surface area contributed by atoms with Gasteiger partial charge in [0.25, 0.3) is 0 Å². The maximum absolute atomic E-state index is 12.8. The molecular weight excluding hydrogens is 496 g/mol. The van der Waals surface area contributed by atoms with Crippen molar-refractivity contribution < 1.29 is 19.1 Å². The van der Waals surface area contributed by atoms with Crippen LogP contribution in [0.15, 0.2) is 0 Å². The van der Waals surface area contributed by atoms with Crippen LogP contribution in [-0.2, 0) is 19.1 Å². The van der Waals surface area contributed by atoms with Crippen molar-refractivity contribution in [1.29, 1.82) is 0 Å². The van der Waals surface area contributed by atoms with Crippen LogP contribution in [0, 0.1) is 11.8 Å². The molecule has 0 fully saturated rings. The summed E-state index contributed by atoms with van der Waals surface area (Å²) in [6.45, 7) is 10.0. The van der Waals surface area contributed by atoms with Crippen LogP contribution >= 0.6 is 0 Å². The molecule has 0 aromatic rings. The Kier molecular flexibility index (Phi) is 30.1. The molecular formula is C36H70O4. The molecule has 0 amide bonds. The van der Waals surface area contributed by atoms with Gasteiger partial charge in [0.1, 0.15) is 0 Å². The zero-order valence-corrected chi connectivity index (χ0v) is 27.6. The minimum absolute atomic E-state index is 0.169. The number of ether oxygens (including phenoxy) is 2. The first kappa shape index (κ1) is 38.9. The Morgan fingerprint density at radius 1 is 0.475 bits per heavy atom. The van der Waals surface area contributed by atoms with Gasteiger partial charge in [-0.25, -0.2) is 0 Å². The normalized spacial score (nSPS) is 12.1. The van der Waals surface area contributed by atoms with Crippen molar-refractivity contribution in [2.24, 2.45) is 11.8 Å². The second-order valence-corrected chi connectivity index (χ2v) is 12.7. The zero-order chi connectivity index (χ0) is 29.5. The predicted octanol–water partition coefficient (Wildman–Crippen LogP) is 11.5. The van der Waals surface area contributed by atoms with Gasteiger partial charge in [0.2, 0.25) is 0 Å². The highest BCUT2D eigenvalue weighted by atomic mass is 16.5. The molecule has 0 aliphatic carbocycles. The van der Waals surface area contributed by atoms with Crippen molar-refractivity contribution >= 4 is 11.9 Å². The summed E-state index contributed by atoms with van der Waals surface area (Å²) >= 11 is 0. The monoisotopic (exact) mass is 567 g/mol. The molecule has 0 spiro atoms. The first-order valence-electron chi connectivity index (χ1n) is 17.8. The Bertz CT molecular complexity index is 545. The van der Waals surface area contributed by atoms with Crippen LogP contribution in [0.4, 0.5) is 0 Å². The van der Waals surface area contributed by atoms with Crippen LogP contribution in [0.3, 0.4) is 0 Å². The Labute approximate surface area is 250 Å². The van der Waals surface area contributed by atoms with Gasteiger partial charge < -0.3 is 9.47 Å². The molecule has 1 unspecified atom stereocenters. The fourth-order valence-electron chi connectivity index (χ4n) is 5.34. The van der Waals surface area contributed by atoms with E-state index in [1.807, 2.05) is 0 Å². The molecule has 0 saturated carbocycles. The number of hydrogen-bond acceptors (Lipinski definition) is 4. The minimum atomic E-state index is -0.354. The van der Waals surface area contributed by atoms with Crippen molar-refractivity contribution in [1.82, 2.24) is 0 Å². The fourth-order valence-corrected chi connectivity index (χ4v) is 5.34. The summed E-state index contributed by atoms with van der Waals surface area (Å²) in [4.78, 5) is 25.3. The summed E-state index contributed by atoms with van der Waals surface area (Å²) in [6, 6.07) is 0. The molecule has 40 heavy (non-hydrogen) atoms. The quantitative estimate of drug-likeness (QED) is 0.0618. The highest BCUT2D eigenvalue weighted by Gasteiger charge is 2.24. The largest absolute Gasteiger partial charge is 0.466 e. The van der Waals surface area contributed by atoms with Gasteiger partial charge in [-0.15, -0.1) is 0 Å². The minimum Gasteiger partial charge on any atom is -0.466 e. The van der Waals surface area contributed by atoms with Crippen LogP contribution in [0.2, 0.25) is 0 Å². The second-order valence-electron chi connectivity index (χ2n) is 12.7. The van der Waals surface area contributed by atoms with E-state index in [9.17, 15) is 9.59 Å². The molecule has 1 atom stereocenters. The lowest BCUT2D eigenvalue weighted by molar-refractivity contribution is -0.155. The van der Waals surface area contributed by atoms with Gasteiger partial charge in [-0.3, -0.25) is 9.59 Å². The summed E-state index contributed by atoms with van der Waals surface area (Å²) in [5, 5.41) is 0. The maximum Gasteiger partial charge on any atom is 0.309 e. The molecule has 238 valence electrons. The molecule has 0 aliphatic rings. The third kappa shape index (κ3) is 28.5. The summed E-state index contributed by atoms with van der Waals surface area (Å²) in [6.07, 6.45) is 30.5. The van der Waals surface area contributed by atoms with Gasteiger partial charge in [0.15, 0.2) is 0 Å². The van der Waals surface area contributed by atoms with E-state index < -0.39 is 0 Å². The van der Waals surface area contributed by atoms with Crippen LogP contribution in [0.5, 0.6) is 0 Å². The molecule has 0 aliphatic heterocycles. The Hall–Kier alpha value is -1.06. The Morgan fingerprint density at radius 3 is 1.30 bits per heavy atom. The summed E-state index contributed by atoms with van der Waals surface area (Å²) < 4.78 is 11.1. The number of carbonyl (C=O) groups excluding carboxylic acids is 2. The van der Waals surface area contributed by atoms with E-state index in [0.29, 0.717) is 13.2 Å². The van der Waals surface area contributed by atoms with Crippen molar-refractivity contribution in [2.75, 3.05) is 13.2 Å². The van der Waals surface area contributed by atoms with E-state index in [0.717, 1.165) is 50.9 Å². The SMILES string of the molecule is CCCCCCCCOC(=O)CC(CCCCCCCCCCCCCC(C)C)C(=O)OCCCCCCCC. The molecule has 0 rings (SSSR count). The lowest BCUT2D eigenvalue weighted by Gasteiger charge is -2.16. The van der Waals surface area contributed by atoms with Crippen molar-refractivity contribution in [3.05, 3.63) is 0 Å². The fraction of sp³-hybridized carbons (Fsp3) is 0.944. The first-order chi connectivity index (χ1) is 19.5. The van der Waals surface area contributed by atoms with Gasteiger partial charge in [0, 0.05) is 0 Å². The molecule has 4 heteroatoms. The molecule has 0 heterocycles. The molecule has 0 saturated heterocycles. The average Bonchev–Trinajstić information content (AvgIpc) is 2.93. The van der Waals surface area contributed by atoms with Crippen molar-refractivity contribution in [3.63, 3.8) is 0 Å². The van der Waals surface area contributed by atoms with Crippen LogP contribution < -0.4 is 0 Å². The summed E-state index contributed by atoms with van der Waals surface area (Å²) in [7, 11) is 0. The molecule has 0 bridgehead atoms. The highest BCUT2D eigenvalue weighted by Crippen LogP contribution is 2.19. The van der Waals surface area contributed by atoms with E-state index in [1.165, 1.54) is 116 Å². The Balaban J connectivity index is 4.15. The van der Waals surface area contributed by atoms with E-state index in [2.05, 4.69) is 27.7 Å². The van der Waals surface area contributed by atoms with Crippen molar-refractivity contribution in [2.45, 2.75) is 195 Å². The third-order valence-electron chi connectivity index (χ3n) is 8.08. The van der Waals surface area contributed by atoms with E-state index in [-0.39, 0.29) is 24.3 Å². The molecule has 4 nitrogen and oxygen atoms in total. The van der Waals surface area contributed by atoms with Crippen LogP contribution in [0.25, 0.3) is 0 Å². The molecule has 0 radical (unpaired) electrons. The number of esters is 2. The third-order valence-corrected chi connectivity index (χ3v) is 8.08. The van der Waals surface area contributed by atoms with Crippen molar-refractivity contribution in [3.8, 4) is 0 Å². The zero-order valence-electron chi connectivity index (χ0n) is 27.6. The number of rotatable bonds is 31. The number of hydrogen-bond donors (Lipinski definition) is 0. The standard InChI is InChI=1S/C36H70O4/c1-5-7-9-11-22-26-30-39-35(37)32-34(36(38)40-31-27-23-12-10-8-6-2)29-25-21-19-17-15-13-14-16-18-20-24-28-33(3)4/h33-34H,5-32H2,1-4H3. The average molecular weight is 567 g/mol. The van der Waals surface area contributed by atoms with Crippen LogP contribution in [-0.4, -0.2) is 25.2 Å². The van der Waals surface area contributed by atoms with Crippen LogP contribution in [0.1, 0.15) is 195 Å². The molecule has 0 aromatic carbocycles. The predicted molar refractivity (Wildman–Crippen MR) is 172 cm³/mol. The van der Waals surface area contributed by atoms with Gasteiger partial charge in [-0.2, -0.15) is 0 Å². The second kappa shape index (κ2) is 30.9.